The second-order valence-electron chi connectivity index (χ2n) is 5.70. The molecule has 1 saturated carbocycles. The van der Waals surface area contributed by atoms with Crippen molar-refractivity contribution < 1.29 is 9.53 Å². The van der Waals surface area contributed by atoms with Gasteiger partial charge in [0.15, 0.2) is 0 Å². The van der Waals surface area contributed by atoms with Crippen LogP contribution in [0.15, 0.2) is 18.2 Å². The smallest absolute Gasteiger partial charge is 0.227 e. The van der Waals surface area contributed by atoms with Crippen molar-refractivity contribution in [2.75, 3.05) is 30.4 Å². The molecular weight excluding hydrogens is 252 g/mol. The normalized spacial score (nSPS) is 18.8. The highest BCUT2D eigenvalue weighted by Crippen LogP contribution is 2.34. The van der Waals surface area contributed by atoms with Crippen LogP contribution in [0.2, 0.25) is 0 Å². The van der Waals surface area contributed by atoms with E-state index in [2.05, 4.69) is 16.3 Å². The Morgan fingerprint density at radius 3 is 2.65 bits per heavy atom. The molecule has 1 aliphatic heterocycles. The minimum Gasteiger partial charge on any atom is -0.495 e. The topological polar surface area (TPSA) is 41.6 Å². The van der Waals surface area contributed by atoms with Gasteiger partial charge in [0.2, 0.25) is 5.91 Å². The first-order chi connectivity index (χ1) is 9.78. The van der Waals surface area contributed by atoms with Gasteiger partial charge in [0.1, 0.15) is 5.75 Å². The molecule has 108 valence electrons. The second-order valence-corrected chi connectivity index (χ2v) is 5.70. The van der Waals surface area contributed by atoms with Gasteiger partial charge >= 0.3 is 0 Å². The van der Waals surface area contributed by atoms with Gasteiger partial charge in [-0.25, -0.2) is 0 Å². The van der Waals surface area contributed by atoms with Crippen molar-refractivity contribution in [1.29, 1.82) is 0 Å². The lowest BCUT2D eigenvalue weighted by atomic mass is 10.1. The molecule has 1 aromatic carbocycles. The van der Waals surface area contributed by atoms with Crippen LogP contribution in [0.3, 0.4) is 0 Å². The first-order valence-electron chi connectivity index (χ1n) is 7.52. The number of amides is 1. The lowest BCUT2D eigenvalue weighted by Crippen LogP contribution is -2.29. The largest absolute Gasteiger partial charge is 0.495 e. The van der Waals surface area contributed by atoms with Crippen LogP contribution in [0, 0.1) is 5.92 Å². The molecule has 1 aromatic rings. The standard InChI is InChI=1S/C16H22N2O2/c1-20-15-8-7-13(18-9-3-2-4-10-18)11-14(15)17-16(19)12-5-6-12/h7-8,11-12H,2-6,9-10H2,1H3,(H,17,19). The zero-order valence-corrected chi connectivity index (χ0v) is 12.0. The monoisotopic (exact) mass is 274 g/mol. The Bertz CT molecular complexity index is 491. The van der Waals surface area contributed by atoms with Gasteiger partial charge in [-0.2, -0.15) is 0 Å². The number of nitrogens with zero attached hydrogens (tertiary/aromatic N) is 1. The molecule has 1 aliphatic carbocycles. The van der Waals surface area contributed by atoms with Crippen molar-refractivity contribution in [2.24, 2.45) is 5.92 Å². The lowest BCUT2D eigenvalue weighted by molar-refractivity contribution is -0.117. The SMILES string of the molecule is COc1ccc(N2CCCCC2)cc1NC(=O)C1CC1. The van der Waals surface area contributed by atoms with Crippen molar-refractivity contribution in [3.8, 4) is 5.75 Å². The van der Waals surface area contributed by atoms with Gasteiger partial charge in [-0.3, -0.25) is 4.79 Å². The van der Waals surface area contributed by atoms with Gasteiger partial charge in [-0.1, -0.05) is 0 Å². The number of rotatable bonds is 4. The highest BCUT2D eigenvalue weighted by molar-refractivity contribution is 5.95. The molecule has 0 atom stereocenters. The average Bonchev–Trinajstić information content (AvgIpc) is 3.33. The number of carbonyl (C=O) groups is 1. The number of nitrogens with one attached hydrogen (secondary N) is 1. The maximum absolute atomic E-state index is 12.0. The fourth-order valence-corrected chi connectivity index (χ4v) is 2.72. The molecule has 20 heavy (non-hydrogen) atoms. The fourth-order valence-electron chi connectivity index (χ4n) is 2.72. The number of piperidine rings is 1. The predicted octanol–water partition coefficient (Wildman–Crippen LogP) is 3.03. The molecule has 1 N–H and O–H groups in total. The maximum Gasteiger partial charge on any atom is 0.227 e. The van der Waals surface area contributed by atoms with Gasteiger partial charge in [-0.15, -0.1) is 0 Å². The van der Waals surface area contributed by atoms with Crippen LogP contribution in [-0.2, 0) is 4.79 Å². The highest BCUT2D eigenvalue weighted by atomic mass is 16.5. The summed E-state index contributed by atoms with van der Waals surface area (Å²) in [5.41, 5.74) is 1.98. The van der Waals surface area contributed by atoms with E-state index >= 15 is 0 Å². The molecule has 0 unspecified atom stereocenters. The zero-order chi connectivity index (χ0) is 13.9. The quantitative estimate of drug-likeness (QED) is 0.917. The van der Waals surface area contributed by atoms with Gasteiger partial charge in [-0.05, 0) is 50.3 Å². The van der Waals surface area contributed by atoms with Crippen molar-refractivity contribution in [1.82, 2.24) is 0 Å². The molecular formula is C16H22N2O2. The second kappa shape index (κ2) is 5.73. The van der Waals surface area contributed by atoms with E-state index < -0.39 is 0 Å². The molecule has 0 bridgehead atoms. The molecule has 1 amide bonds. The molecule has 2 aliphatic rings. The maximum atomic E-state index is 12.0. The van der Waals surface area contributed by atoms with Crippen molar-refractivity contribution in [3.63, 3.8) is 0 Å². The van der Waals surface area contributed by atoms with Crippen LogP contribution in [-0.4, -0.2) is 26.1 Å². The van der Waals surface area contributed by atoms with E-state index in [1.165, 1.54) is 24.9 Å². The van der Waals surface area contributed by atoms with Gasteiger partial charge in [0, 0.05) is 24.7 Å². The summed E-state index contributed by atoms with van der Waals surface area (Å²) in [7, 11) is 1.64. The number of hydrogen-bond donors (Lipinski definition) is 1. The Morgan fingerprint density at radius 2 is 2.00 bits per heavy atom. The third kappa shape index (κ3) is 2.89. The number of methoxy groups -OCH3 is 1. The van der Waals surface area contributed by atoms with E-state index in [0.29, 0.717) is 0 Å². The predicted molar refractivity (Wildman–Crippen MR) is 80.4 cm³/mol. The van der Waals surface area contributed by atoms with E-state index in [1.807, 2.05) is 12.1 Å². The van der Waals surface area contributed by atoms with Crippen molar-refractivity contribution >= 4 is 17.3 Å². The van der Waals surface area contributed by atoms with Gasteiger partial charge in [0.05, 0.1) is 12.8 Å². The first kappa shape index (κ1) is 13.3. The Balaban J connectivity index is 1.79. The first-order valence-corrected chi connectivity index (χ1v) is 7.52. The Morgan fingerprint density at radius 1 is 1.25 bits per heavy atom. The summed E-state index contributed by atoms with van der Waals surface area (Å²) in [5.74, 6) is 1.07. The number of hydrogen-bond acceptors (Lipinski definition) is 3. The number of anilines is 2. The van der Waals surface area contributed by atoms with E-state index in [4.69, 9.17) is 4.74 Å². The number of ether oxygens (including phenoxy) is 1. The molecule has 1 saturated heterocycles. The zero-order valence-electron chi connectivity index (χ0n) is 12.0. The van der Waals surface area contributed by atoms with E-state index in [1.54, 1.807) is 7.11 Å². The van der Waals surface area contributed by atoms with Crippen molar-refractivity contribution in [3.05, 3.63) is 18.2 Å². The molecule has 1 heterocycles. The molecule has 3 rings (SSSR count). The molecule has 0 spiro atoms. The Hall–Kier alpha value is -1.71. The molecule has 2 fully saturated rings. The summed E-state index contributed by atoms with van der Waals surface area (Å²) in [4.78, 5) is 14.3. The number of benzene rings is 1. The Kier molecular flexibility index (Phi) is 3.81. The van der Waals surface area contributed by atoms with Crippen LogP contribution in [0.4, 0.5) is 11.4 Å². The van der Waals surface area contributed by atoms with Crippen LogP contribution < -0.4 is 15.0 Å². The molecule has 0 radical (unpaired) electrons. The minimum absolute atomic E-state index is 0.124. The summed E-state index contributed by atoms with van der Waals surface area (Å²) in [6, 6.07) is 6.08. The van der Waals surface area contributed by atoms with Crippen LogP contribution >= 0.6 is 0 Å². The van der Waals surface area contributed by atoms with E-state index in [9.17, 15) is 4.79 Å². The van der Waals surface area contributed by atoms with E-state index in [0.717, 1.165) is 37.4 Å². The lowest BCUT2D eigenvalue weighted by Gasteiger charge is -2.29. The summed E-state index contributed by atoms with van der Waals surface area (Å²) < 4.78 is 5.36. The summed E-state index contributed by atoms with van der Waals surface area (Å²) in [6.45, 7) is 2.20. The highest BCUT2D eigenvalue weighted by Gasteiger charge is 2.30. The molecule has 4 heteroatoms. The minimum atomic E-state index is 0.124. The average molecular weight is 274 g/mol. The van der Waals surface area contributed by atoms with Crippen LogP contribution in [0.1, 0.15) is 32.1 Å². The van der Waals surface area contributed by atoms with E-state index in [-0.39, 0.29) is 11.8 Å². The molecule has 4 nitrogen and oxygen atoms in total. The fraction of sp³-hybridized carbons (Fsp3) is 0.562. The Labute approximate surface area is 120 Å². The third-order valence-electron chi connectivity index (χ3n) is 4.11. The summed E-state index contributed by atoms with van der Waals surface area (Å²) in [5, 5.41) is 3.01. The van der Waals surface area contributed by atoms with Gasteiger partial charge < -0.3 is 15.0 Å². The summed E-state index contributed by atoms with van der Waals surface area (Å²) in [6.07, 6.45) is 5.84. The number of carbonyl (C=O) groups excluding carboxylic acids is 1. The van der Waals surface area contributed by atoms with Gasteiger partial charge in [0.25, 0.3) is 0 Å². The van der Waals surface area contributed by atoms with Crippen LogP contribution in [0.5, 0.6) is 5.75 Å². The van der Waals surface area contributed by atoms with Crippen molar-refractivity contribution in [2.45, 2.75) is 32.1 Å². The third-order valence-corrected chi connectivity index (χ3v) is 4.11. The summed E-state index contributed by atoms with van der Waals surface area (Å²) >= 11 is 0. The van der Waals surface area contributed by atoms with Crippen LogP contribution in [0.25, 0.3) is 0 Å². The molecule has 0 aromatic heterocycles.